The highest BCUT2D eigenvalue weighted by Crippen LogP contribution is 2.22. The van der Waals surface area contributed by atoms with Gasteiger partial charge in [0.2, 0.25) is 5.88 Å². The van der Waals surface area contributed by atoms with Crippen LogP contribution in [0.2, 0.25) is 0 Å². The topological polar surface area (TPSA) is 59.0 Å². The van der Waals surface area contributed by atoms with Crippen molar-refractivity contribution in [2.75, 3.05) is 40.5 Å². The van der Waals surface area contributed by atoms with Gasteiger partial charge in [0, 0.05) is 45.6 Å². The summed E-state index contributed by atoms with van der Waals surface area (Å²) in [5, 5.41) is 3.44. The molecule has 2 aromatic rings. The molecule has 0 fully saturated rings. The van der Waals surface area contributed by atoms with Gasteiger partial charge in [-0.15, -0.1) is 0 Å². The summed E-state index contributed by atoms with van der Waals surface area (Å²) in [4.78, 5) is 11.0. The second-order valence-corrected chi connectivity index (χ2v) is 6.50. The van der Waals surface area contributed by atoms with Crippen molar-refractivity contribution in [2.24, 2.45) is 4.99 Å². The molecule has 0 bridgehead atoms. The monoisotopic (exact) mass is 380 g/mol. The zero-order valence-corrected chi connectivity index (χ0v) is 16.6. The predicted octanol–water partition coefficient (Wildman–Crippen LogP) is 2.97. The Morgan fingerprint density at radius 2 is 2.04 bits per heavy atom. The van der Waals surface area contributed by atoms with E-state index in [4.69, 9.17) is 9.47 Å². The van der Waals surface area contributed by atoms with Crippen LogP contribution in [0.5, 0.6) is 5.88 Å². The van der Waals surface area contributed by atoms with Gasteiger partial charge in [-0.3, -0.25) is 4.99 Å². The number of ether oxygens (including phenoxy) is 2. The quantitative estimate of drug-likeness (QED) is 0.455. The molecule has 1 aliphatic rings. The van der Waals surface area contributed by atoms with Gasteiger partial charge >= 0.3 is 0 Å². The fourth-order valence-corrected chi connectivity index (χ4v) is 3.19. The van der Waals surface area contributed by atoms with E-state index in [1.165, 1.54) is 11.1 Å². The van der Waals surface area contributed by atoms with Crippen molar-refractivity contribution < 1.29 is 9.47 Å². The summed E-state index contributed by atoms with van der Waals surface area (Å²) >= 11 is 0. The first-order chi connectivity index (χ1) is 13.8. The molecule has 0 radical (unpaired) electrons. The van der Waals surface area contributed by atoms with Crippen LogP contribution in [0, 0.1) is 0 Å². The van der Waals surface area contributed by atoms with E-state index in [1.807, 2.05) is 19.2 Å². The Kier molecular flexibility index (Phi) is 7.44. The molecule has 6 nitrogen and oxygen atoms in total. The molecular formula is C22H28N4O2. The highest BCUT2D eigenvalue weighted by molar-refractivity contribution is 5.81. The van der Waals surface area contributed by atoms with E-state index in [0.717, 1.165) is 31.0 Å². The smallest absolute Gasteiger partial charge is 0.218 e. The second kappa shape index (κ2) is 10.5. The van der Waals surface area contributed by atoms with Gasteiger partial charge in [0.05, 0.1) is 6.61 Å². The summed E-state index contributed by atoms with van der Waals surface area (Å²) in [6.07, 6.45) is 5.03. The summed E-state index contributed by atoms with van der Waals surface area (Å²) in [5.74, 6) is 1.52. The minimum Gasteiger partial charge on any atom is -0.475 e. The van der Waals surface area contributed by atoms with E-state index >= 15 is 0 Å². The van der Waals surface area contributed by atoms with Crippen LogP contribution in [-0.2, 0) is 11.3 Å². The molecule has 148 valence electrons. The number of rotatable bonds is 7. The third-order valence-corrected chi connectivity index (χ3v) is 4.68. The van der Waals surface area contributed by atoms with E-state index in [9.17, 15) is 0 Å². The number of hydrogen-bond acceptors (Lipinski definition) is 4. The summed E-state index contributed by atoms with van der Waals surface area (Å²) in [6.45, 7) is 3.40. The highest BCUT2D eigenvalue weighted by Gasteiger charge is 2.16. The number of benzene rings is 1. The molecule has 2 heterocycles. The first-order valence-corrected chi connectivity index (χ1v) is 9.57. The minimum absolute atomic E-state index is 0.481. The molecule has 0 spiro atoms. The average Bonchev–Trinajstić information content (AvgIpc) is 2.76. The van der Waals surface area contributed by atoms with Crippen LogP contribution in [0.4, 0.5) is 0 Å². The number of hydrogen-bond donors (Lipinski definition) is 1. The molecule has 0 saturated heterocycles. The van der Waals surface area contributed by atoms with Crippen molar-refractivity contribution in [1.29, 1.82) is 0 Å². The maximum absolute atomic E-state index is 5.71. The van der Waals surface area contributed by atoms with Crippen molar-refractivity contribution in [2.45, 2.75) is 13.0 Å². The Balaban J connectivity index is 1.58. The van der Waals surface area contributed by atoms with Crippen LogP contribution >= 0.6 is 0 Å². The van der Waals surface area contributed by atoms with Crippen LogP contribution in [0.25, 0.3) is 5.57 Å². The molecule has 6 heteroatoms. The molecule has 1 N–H and O–H groups in total. The van der Waals surface area contributed by atoms with Gasteiger partial charge in [-0.25, -0.2) is 4.98 Å². The van der Waals surface area contributed by atoms with Gasteiger partial charge in [-0.1, -0.05) is 42.5 Å². The van der Waals surface area contributed by atoms with Crippen molar-refractivity contribution in [3.63, 3.8) is 0 Å². The molecule has 1 aromatic carbocycles. The third-order valence-electron chi connectivity index (χ3n) is 4.68. The maximum Gasteiger partial charge on any atom is 0.218 e. The van der Waals surface area contributed by atoms with E-state index in [1.54, 1.807) is 13.3 Å². The Morgan fingerprint density at radius 1 is 1.18 bits per heavy atom. The lowest BCUT2D eigenvalue weighted by molar-refractivity contribution is 0.143. The van der Waals surface area contributed by atoms with Gasteiger partial charge < -0.3 is 19.7 Å². The minimum atomic E-state index is 0.481. The van der Waals surface area contributed by atoms with Gasteiger partial charge in [0.25, 0.3) is 0 Å². The number of nitrogens with zero attached hydrogens (tertiary/aromatic N) is 3. The van der Waals surface area contributed by atoms with Crippen molar-refractivity contribution in [1.82, 2.24) is 15.2 Å². The van der Waals surface area contributed by atoms with E-state index in [2.05, 4.69) is 56.6 Å². The molecule has 1 aromatic heterocycles. The third kappa shape index (κ3) is 5.33. The first kappa shape index (κ1) is 19.9. The molecule has 0 saturated carbocycles. The summed E-state index contributed by atoms with van der Waals surface area (Å²) < 4.78 is 10.8. The molecule has 0 atom stereocenters. The predicted molar refractivity (Wildman–Crippen MR) is 112 cm³/mol. The lowest BCUT2D eigenvalue weighted by atomic mass is 10.00. The van der Waals surface area contributed by atoms with Crippen molar-refractivity contribution in [3.8, 4) is 5.88 Å². The summed E-state index contributed by atoms with van der Waals surface area (Å²) in [5.41, 5.74) is 3.70. The second-order valence-electron chi connectivity index (χ2n) is 6.50. The molecule has 0 amide bonds. The van der Waals surface area contributed by atoms with Crippen molar-refractivity contribution in [3.05, 3.63) is 65.9 Å². The normalized spacial score (nSPS) is 14.6. The Labute approximate surface area is 166 Å². The first-order valence-electron chi connectivity index (χ1n) is 9.57. The Hall–Kier alpha value is -2.86. The van der Waals surface area contributed by atoms with Gasteiger partial charge in [-0.2, -0.15) is 0 Å². The van der Waals surface area contributed by atoms with Crippen LogP contribution in [0.1, 0.15) is 17.5 Å². The highest BCUT2D eigenvalue weighted by atomic mass is 16.5. The SMILES string of the molecule is CN=C(NCc1cccnc1OCCOC)N1CC=C(c2ccccc2)CC1. The number of guanidine groups is 1. The van der Waals surface area contributed by atoms with Gasteiger partial charge in [0.1, 0.15) is 6.61 Å². The fourth-order valence-electron chi connectivity index (χ4n) is 3.19. The lowest BCUT2D eigenvalue weighted by Crippen LogP contribution is -2.43. The number of nitrogens with one attached hydrogen (secondary N) is 1. The molecule has 0 unspecified atom stereocenters. The number of aliphatic imine (C=N–C) groups is 1. The fraction of sp³-hybridized carbons (Fsp3) is 0.364. The van der Waals surface area contributed by atoms with Crippen LogP contribution in [-0.4, -0.2) is 56.3 Å². The standard InChI is InChI=1S/C22H28N4O2/c1-23-22(25-17-20-9-6-12-24-21(20)28-16-15-27-2)26-13-10-19(11-14-26)18-7-4-3-5-8-18/h3-10,12H,11,13-17H2,1-2H3,(H,23,25). The van der Waals surface area contributed by atoms with Crippen molar-refractivity contribution >= 4 is 11.5 Å². The molecule has 3 rings (SSSR count). The van der Waals surface area contributed by atoms with E-state index in [0.29, 0.717) is 25.6 Å². The molecule has 1 aliphatic heterocycles. The molecule has 0 aliphatic carbocycles. The number of pyridine rings is 1. The van der Waals surface area contributed by atoms with Crippen LogP contribution in [0.15, 0.2) is 59.7 Å². The number of aromatic nitrogens is 1. The molecule has 28 heavy (non-hydrogen) atoms. The van der Waals surface area contributed by atoms with Crippen LogP contribution < -0.4 is 10.1 Å². The van der Waals surface area contributed by atoms with E-state index < -0.39 is 0 Å². The largest absolute Gasteiger partial charge is 0.475 e. The Morgan fingerprint density at radius 3 is 2.75 bits per heavy atom. The average molecular weight is 380 g/mol. The summed E-state index contributed by atoms with van der Waals surface area (Å²) in [6, 6.07) is 14.5. The Bertz CT molecular complexity index is 805. The van der Waals surface area contributed by atoms with Crippen LogP contribution in [0.3, 0.4) is 0 Å². The van der Waals surface area contributed by atoms with Gasteiger partial charge in [-0.05, 0) is 23.6 Å². The summed E-state index contributed by atoms with van der Waals surface area (Å²) in [7, 11) is 3.47. The van der Waals surface area contributed by atoms with E-state index in [-0.39, 0.29) is 0 Å². The zero-order chi connectivity index (χ0) is 19.6. The number of methoxy groups -OCH3 is 1. The molecular weight excluding hydrogens is 352 g/mol. The lowest BCUT2D eigenvalue weighted by Gasteiger charge is -2.30. The zero-order valence-electron chi connectivity index (χ0n) is 16.6. The maximum atomic E-state index is 5.71. The van der Waals surface area contributed by atoms with Gasteiger partial charge in [0.15, 0.2) is 5.96 Å².